The molecule has 2 N–H and O–H groups in total. The number of aryl methyl sites for hydroxylation is 1. The molecule has 1 aliphatic rings. The van der Waals surface area contributed by atoms with Crippen LogP contribution in [0.25, 0.3) is 0 Å². The van der Waals surface area contributed by atoms with E-state index >= 15 is 0 Å². The molecule has 2 heterocycles. The molecular weight excluding hydrogens is 404 g/mol. The van der Waals surface area contributed by atoms with Crippen molar-refractivity contribution in [3.8, 4) is 5.75 Å². The molecule has 3 aromatic rings. The average Bonchev–Trinajstić information content (AvgIpc) is 3.24. The number of aromatic nitrogens is 2. The third-order valence-electron chi connectivity index (χ3n) is 4.98. The van der Waals surface area contributed by atoms with Gasteiger partial charge in [0.15, 0.2) is 6.61 Å². The lowest BCUT2D eigenvalue weighted by Crippen LogP contribution is -2.38. The first-order chi connectivity index (χ1) is 14.2. The molecule has 0 fully saturated rings. The number of fused-ring (bicyclic) bond motifs is 1. The Morgan fingerprint density at radius 2 is 2.03 bits per heavy atom. The van der Waals surface area contributed by atoms with Gasteiger partial charge in [-0.25, -0.2) is 0 Å². The van der Waals surface area contributed by atoms with Crippen molar-refractivity contribution in [2.24, 2.45) is 0 Å². The summed E-state index contributed by atoms with van der Waals surface area (Å²) < 4.78 is 10.7. The van der Waals surface area contributed by atoms with Crippen LogP contribution >= 0.6 is 12.4 Å². The highest BCUT2D eigenvalue weighted by Crippen LogP contribution is 2.22. The van der Waals surface area contributed by atoms with E-state index in [1.165, 1.54) is 11.1 Å². The fourth-order valence-electron chi connectivity index (χ4n) is 3.41. The van der Waals surface area contributed by atoms with Crippen LogP contribution in [0.5, 0.6) is 5.75 Å². The monoisotopic (exact) mass is 428 g/mol. The van der Waals surface area contributed by atoms with E-state index in [1.54, 1.807) is 24.3 Å². The van der Waals surface area contributed by atoms with Crippen molar-refractivity contribution >= 4 is 18.3 Å². The van der Waals surface area contributed by atoms with Crippen LogP contribution in [-0.2, 0) is 19.4 Å². The third-order valence-corrected chi connectivity index (χ3v) is 4.98. The standard InChI is InChI=1S/C22H24N4O3.ClH/c1-2-21-25-20(26-29-21)14-28-17-9-7-16(8-10-17)22(27)24-13-19-18-6-4-3-5-15(18)11-12-23-19;/h3-10,19,23H,2,11-14H2,1H3,(H,24,27);1H. The second-order valence-electron chi connectivity index (χ2n) is 6.94. The first-order valence-electron chi connectivity index (χ1n) is 9.86. The summed E-state index contributed by atoms with van der Waals surface area (Å²) in [5, 5.41) is 10.3. The molecule has 7 nitrogen and oxygen atoms in total. The number of hydrogen-bond acceptors (Lipinski definition) is 6. The Kier molecular flexibility index (Phi) is 7.43. The minimum Gasteiger partial charge on any atom is -0.485 e. The second kappa shape index (κ2) is 10.2. The zero-order valence-corrected chi connectivity index (χ0v) is 17.6. The number of nitrogens with one attached hydrogen (secondary N) is 2. The van der Waals surface area contributed by atoms with Gasteiger partial charge >= 0.3 is 0 Å². The van der Waals surface area contributed by atoms with Gasteiger partial charge in [-0.2, -0.15) is 4.98 Å². The molecule has 0 saturated carbocycles. The minimum absolute atomic E-state index is 0. The molecule has 1 aromatic heterocycles. The van der Waals surface area contributed by atoms with Gasteiger partial charge in [0.2, 0.25) is 11.7 Å². The summed E-state index contributed by atoms with van der Waals surface area (Å²) in [6.45, 7) is 3.64. The molecule has 0 spiro atoms. The van der Waals surface area contributed by atoms with Crippen LogP contribution in [0.15, 0.2) is 53.1 Å². The Balaban J connectivity index is 0.00000256. The lowest BCUT2D eigenvalue weighted by Gasteiger charge is -2.27. The highest BCUT2D eigenvalue weighted by Gasteiger charge is 2.19. The molecular formula is C22H25ClN4O3. The summed E-state index contributed by atoms with van der Waals surface area (Å²) in [7, 11) is 0. The maximum absolute atomic E-state index is 12.5. The van der Waals surface area contributed by atoms with Gasteiger partial charge in [-0.15, -0.1) is 12.4 Å². The van der Waals surface area contributed by atoms with E-state index in [0.717, 1.165) is 13.0 Å². The van der Waals surface area contributed by atoms with Gasteiger partial charge in [-0.05, 0) is 48.4 Å². The van der Waals surface area contributed by atoms with E-state index in [0.29, 0.717) is 36.0 Å². The van der Waals surface area contributed by atoms with E-state index in [9.17, 15) is 4.79 Å². The van der Waals surface area contributed by atoms with Crippen LogP contribution < -0.4 is 15.4 Å². The van der Waals surface area contributed by atoms with E-state index in [2.05, 4.69) is 39.0 Å². The molecule has 1 atom stereocenters. The molecule has 0 bridgehead atoms. The van der Waals surface area contributed by atoms with Crippen LogP contribution in [0.3, 0.4) is 0 Å². The predicted molar refractivity (Wildman–Crippen MR) is 115 cm³/mol. The van der Waals surface area contributed by atoms with Crippen molar-refractivity contribution in [2.45, 2.75) is 32.4 Å². The molecule has 158 valence electrons. The van der Waals surface area contributed by atoms with Gasteiger partial charge < -0.3 is 19.9 Å². The van der Waals surface area contributed by atoms with Crippen molar-refractivity contribution in [3.63, 3.8) is 0 Å². The van der Waals surface area contributed by atoms with Gasteiger partial charge in [0, 0.05) is 24.6 Å². The molecule has 0 saturated heterocycles. The fraction of sp³-hybridized carbons (Fsp3) is 0.318. The predicted octanol–water partition coefficient (Wildman–Crippen LogP) is 3.25. The molecule has 1 aliphatic heterocycles. The first-order valence-corrected chi connectivity index (χ1v) is 9.86. The zero-order chi connectivity index (χ0) is 20.1. The highest BCUT2D eigenvalue weighted by molar-refractivity contribution is 5.94. The quantitative estimate of drug-likeness (QED) is 0.600. The lowest BCUT2D eigenvalue weighted by molar-refractivity contribution is 0.0949. The summed E-state index contributed by atoms with van der Waals surface area (Å²) in [5.41, 5.74) is 3.20. The van der Waals surface area contributed by atoms with Crippen molar-refractivity contribution in [3.05, 3.63) is 76.9 Å². The molecule has 8 heteroatoms. The van der Waals surface area contributed by atoms with E-state index in [1.807, 2.05) is 13.0 Å². The maximum atomic E-state index is 12.5. The first kappa shape index (κ1) is 21.8. The van der Waals surface area contributed by atoms with Gasteiger partial charge in [-0.3, -0.25) is 4.79 Å². The van der Waals surface area contributed by atoms with Crippen LogP contribution in [0.4, 0.5) is 0 Å². The van der Waals surface area contributed by atoms with Gasteiger partial charge in [0.25, 0.3) is 5.91 Å². The Hall–Kier alpha value is -2.90. The molecule has 1 amide bonds. The maximum Gasteiger partial charge on any atom is 0.251 e. The number of hydrogen-bond donors (Lipinski definition) is 2. The number of nitrogens with zero attached hydrogens (tertiary/aromatic N) is 2. The number of ether oxygens (including phenoxy) is 1. The van der Waals surface area contributed by atoms with Gasteiger partial charge in [0.1, 0.15) is 5.75 Å². The summed E-state index contributed by atoms with van der Waals surface area (Å²) in [6, 6.07) is 15.5. The summed E-state index contributed by atoms with van der Waals surface area (Å²) in [6.07, 6.45) is 1.71. The molecule has 0 aliphatic carbocycles. The topological polar surface area (TPSA) is 89.3 Å². The number of benzene rings is 2. The van der Waals surface area contributed by atoms with Crippen molar-refractivity contribution in [2.75, 3.05) is 13.1 Å². The third kappa shape index (κ3) is 5.17. The molecule has 4 rings (SSSR count). The number of halogens is 1. The fourth-order valence-corrected chi connectivity index (χ4v) is 3.41. The number of rotatable bonds is 7. The Bertz CT molecular complexity index is 975. The van der Waals surface area contributed by atoms with Crippen LogP contribution in [0, 0.1) is 0 Å². The molecule has 0 radical (unpaired) electrons. The average molecular weight is 429 g/mol. The number of amides is 1. The van der Waals surface area contributed by atoms with E-state index in [4.69, 9.17) is 9.26 Å². The largest absolute Gasteiger partial charge is 0.485 e. The summed E-state index contributed by atoms with van der Waals surface area (Å²) in [5.74, 6) is 1.63. The summed E-state index contributed by atoms with van der Waals surface area (Å²) in [4.78, 5) is 16.7. The van der Waals surface area contributed by atoms with Crippen molar-refractivity contribution in [1.82, 2.24) is 20.8 Å². The Labute approximate surface area is 181 Å². The highest BCUT2D eigenvalue weighted by atomic mass is 35.5. The second-order valence-corrected chi connectivity index (χ2v) is 6.94. The summed E-state index contributed by atoms with van der Waals surface area (Å²) >= 11 is 0. The van der Waals surface area contributed by atoms with Crippen LogP contribution in [-0.4, -0.2) is 29.1 Å². The van der Waals surface area contributed by atoms with Crippen molar-refractivity contribution < 1.29 is 14.1 Å². The lowest BCUT2D eigenvalue weighted by atomic mass is 9.94. The molecule has 2 aromatic carbocycles. The Morgan fingerprint density at radius 3 is 2.80 bits per heavy atom. The van der Waals surface area contributed by atoms with Crippen LogP contribution in [0.1, 0.15) is 46.2 Å². The zero-order valence-electron chi connectivity index (χ0n) is 16.8. The SMILES string of the molecule is CCc1nc(COc2ccc(C(=O)NCC3NCCc4ccccc43)cc2)no1.Cl. The van der Waals surface area contributed by atoms with E-state index in [-0.39, 0.29) is 31.0 Å². The number of carbonyl (C=O) groups is 1. The minimum atomic E-state index is -0.104. The van der Waals surface area contributed by atoms with Gasteiger partial charge in [-0.1, -0.05) is 36.3 Å². The van der Waals surface area contributed by atoms with Crippen molar-refractivity contribution in [1.29, 1.82) is 0 Å². The molecule has 1 unspecified atom stereocenters. The van der Waals surface area contributed by atoms with E-state index < -0.39 is 0 Å². The van der Waals surface area contributed by atoms with Crippen LogP contribution in [0.2, 0.25) is 0 Å². The van der Waals surface area contributed by atoms with Gasteiger partial charge in [0.05, 0.1) is 0 Å². The smallest absolute Gasteiger partial charge is 0.251 e. The Morgan fingerprint density at radius 1 is 1.23 bits per heavy atom. The normalized spacial score (nSPS) is 15.0. The molecule has 30 heavy (non-hydrogen) atoms. The number of carbonyl (C=O) groups excluding carboxylic acids is 1.